The van der Waals surface area contributed by atoms with E-state index < -0.39 is 35.9 Å². The molecule has 0 aromatic heterocycles. The van der Waals surface area contributed by atoms with Gasteiger partial charge in [0.1, 0.15) is 0 Å². The van der Waals surface area contributed by atoms with Gasteiger partial charge in [0.05, 0.1) is 6.42 Å². The summed E-state index contributed by atoms with van der Waals surface area (Å²) < 4.78 is 4.07. The fourth-order valence-corrected chi connectivity index (χ4v) is 0.571. The van der Waals surface area contributed by atoms with E-state index in [0.29, 0.717) is 12.2 Å². The Bertz CT molecular complexity index is 389. The van der Waals surface area contributed by atoms with Gasteiger partial charge in [-0.15, -0.1) is 0 Å². The average molecular weight is 348 g/mol. The summed E-state index contributed by atoms with van der Waals surface area (Å²) in [5, 5.41) is 16.5. The van der Waals surface area contributed by atoms with Gasteiger partial charge in [0.15, 0.2) is 0 Å². The van der Waals surface area contributed by atoms with Gasteiger partial charge < -0.3 is 14.9 Å². The number of carboxylic acids is 2. The number of hydrogen-bond acceptors (Lipinski definition) is 5. The summed E-state index contributed by atoms with van der Waals surface area (Å²) in [6.45, 7) is 3.05. The molecule has 19 heavy (non-hydrogen) atoms. The number of carbonyl (C=O) groups is 4. The van der Waals surface area contributed by atoms with Gasteiger partial charge in [0, 0.05) is 17.7 Å². The zero-order valence-electron chi connectivity index (χ0n) is 8.00. The van der Waals surface area contributed by atoms with Crippen LogP contribution in [0.1, 0.15) is 6.42 Å². The number of aliphatic carboxylic acids is 2. The monoisotopic (exact) mass is 348 g/mol. The summed E-state index contributed by atoms with van der Waals surface area (Å²) in [4.78, 5) is 41.8. The van der Waals surface area contributed by atoms with Crippen molar-refractivity contribution in [2.45, 2.75) is 6.42 Å². The van der Waals surface area contributed by atoms with E-state index in [-0.39, 0.29) is 154 Å². The standard InChI is InChI=1S/C9H8O7.3K.3H/c1-5(9(14)15)4-8(13)16-7(12)3-2-6(10)11;;;;;;/h2-3H,1,4H2,(H,10,11)(H,14,15);;;;;;/b3-2-;;;;;;. The summed E-state index contributed by atoms with van der Waals surface area (Å²) in [7, 11) is 0. The minimum absolute atomic E-state index is 0. The van der Waals surface area contributed by atoms with Crippen molar-refractivity contribution in [1.29, 1.82) is 0 Å². The van der Waals surface area contributed by atoms with E-state index in [4.69, 9.17) is 10.2 Å². The first kappa shape index (κ1) is 29.5. The summed E-state index contributed by atoms with van der Waals surface area (Å²) >= 11 is 0. The molecule has 0 bridgehead atoms. The molecule has 0 radical (unpaired) electrons. The molecule has 0 atom stereocenters. The summed E-state index contributed by atoms with van der Waals surface area (Å²) in [5.74, 6) is -5.07. The number of carbonyl (C=O) groups excluding carboxylic acids is 2. The van der Waals surface area contributed by atoms with Gasteiger partial charge in [-0.05, 0) is 0 Å². The molecular formula is C9H11K3O7. The molecule has 0 spiro atoms. The van der Waals surface area contributed by atoms with E-state index in [1.165, 1.54) is 0 Å². The van der Waals surface area contributed by atoms with E-state index in [2.05, 4.69) is 11.3 Å². The molecule has 7 nitrogen and oxygen atoms in total. The molecule has 0 aromatic carbocycles. The Labute approximate surface area is 236 Å². The Kier molecular flexibility index (Phi) is 26.1. The van der Waals surface area contributed by atoms with Crippen LogP contribution in [0.2, 0.25) is 0 Å². The molecule has 0 heterocycles. The van der Waals surface area contributed by atoms with Crippen LogP contribution in [0.5, 0.6) is 0 Å². The second-order valence-corrected chi connectivity index (χ2v) is 2.55. The Balaban J connectivity index is -0.000000375. The van der Waals surface area contributed by atoms with Crippen LogP contribution < -0.4 is 0 Å². The predicted molar refractivity (Wildman–Crippen MR) is 70.7 cm³/mol. The normalized spacial score (nSPS) is 8.21. The van der Waals surface area contributed by atoms with E-state index in [0.717, 1.165) is 0 Å². The van der Waals surface area contributed by atoms with E-state index >= 15 is 0 Å². The number of carboxylic acid groups (broad SMARTS) is 2. The van der Waals surface area contributed by atoms with Crippen molar-refractivity contribution < 1.29 is 34.1 Å². The van der Waals surface area contributed by atoms with Crippen molar-refractivity contribution >= 4 is 178 Å². The van der Waals surface area contributed by atoms with Crippen molar-refractivity contribution in [3.05, 3.63) is 24.3 Å². The topological polar surface area (TPSA) is 118 Å². The van der Waals surface area contributed by atoms with Crippen LogP contribution in [0.3, 0.4) is 0 Å². The zero-order chi connectivity index (χ0) is 12.7. The van der Waals surface area contributed by atoms with Gasteiger partial charge in [-0.2, -0.15) is 0 Å². The van der Waals surface area contributed by atoms with Gasteiger partial charge in [-0.1, -0.05) is 6.58 Å². The molecule has 0 fully saturated rings. The van der Waals surface area contributed by atoms with Crippen molar-refractivity contribution in [3.8, 4) is 0 Å². The molecule has 0 aromatic rings. The van der Waals surface area contributed by atoms with Crippen molar-refractivity contribution in [3.63, 3.8) is 0 Å². The molecular weight excluding hydrogens is 337 g/mol. The third-order valence-electron chi connectivity index (χ3n) is 1.24. The molecule has 10 heteroatoms. The van der Waals surface area contributed by atoms with Gasteiger partial charge in [-0.25, -0.2) is 14.4 Å². The Morgan fingerprint density at radius 1 is 1.00 bits per heavy atom. The molecule has 92 valence electrons. The summed E-state index contributed by atoms with van der Waals surface area (Å²) in [5.41, 5.74) is -0.431. The Hall–Kier alpha value is 2.47. The average Bonchev–Trinajstić information content (AvgIpc) is 2.14. The van der Waals surface area contributed by atoms with Crippen molar-refractivity contribution in [2.75, 3.05) is 0 Å². The van der Waals surface area contributed by atoms with Crippen molar-refractivity contribution in [2.24, 2.45) is 0 Å². The molecule has 0 saturated carbocycles. The maximum absolute atomic E-state index is 10.9. The third kappa shape index (κ3) is 18.4. The van der Waals surface area contributed by atoms with Crippen molar-refractivity contribution in [1.82, 2.24) is 0 Å². The summed E-state index contributed by atoms with van der Waals surface area (Å²) in [6.07, 6.45) is 0.368. The van der Waals surface area contributed by atoms with Gasteiger partial charge in [-0.3, -0.25) is 4.79 Å². The van der Waals surface area contributed by atoms with Crippen LogP contribution in [0.25, 0.3) is 0 Å². The fourth-order valence-electron chi connectivity index (χ4n) is 0.571. The van der Waals surface area contributed by atoms with Crippen LogP contribution in [0.4, 0.5) is 0 Å². The minimum atomic E-state index is -1.38. The molecule has 2 N–H and O–H groups in total. The first-order valence-corrected chi connectivity index (χ1v) is 3.89. The van der Waals surface area contributed by atoms with Crippen LogP contribution in [-0.4, -0.2) is 188 Å². The molecule has 0 aliphatic heterocycles. The van der Waals surface area contributed by atoms with Gasteiger partial charge >= 0.3 is 178 Å². The number of esters is 2. The van der Waals surface area contributed by atoms with Crippen LogP contribution in [0, 0.1) is 0 Å². The van der Waals surface area contributed by atoms with Crippen LogP contribution in [-0.2, 0) is 23.9 Å². The van der Waals surface area contributed by atoms with Gasteiger partial charge in [0.2, 0.25) is 0 Å². The van der Waals surface area contributed by atoms with E-state index in [9.17, 15) is 19.2 Å². The number of rotatable bonds is 5. The third-order valence-corrected chi connectivity index (χ3v) is 1.24. The Morgan fingerprint density at radius 2 is 1.47 bits per heavy atom. The molecule has 0 aliphatic rings. The molecule has 0 unspecified atom stereocenters. The summed E-state index contributed by atoms with van der Waals surface area (Å²) in [6, 6.07) is 0. The van der Waals surface area contributed by atoms with E-state index in [1.807, 2.05) is 0 Å². The molecule has 0 rings (SSSR count). The van der Waals surface area contributed by atoms with Crippen LogP contribution in [0.15, 0.2) is 24.3 Å². The van der Waals surface area contributed by atoms with E-state index in [1.54, 1.807) is 0 Å². The first-order chi connectivity index (χ1) is 7.32. The van der Waals surface area contributed by atoms with Crippen LogP contribution >= 0.6 is 0 Å². The second-order valence-electron chi connectivity index (χ2n) is 2.55. The second kappa shape index (κ2) is 16.8. The number of hydrogen-bond donors (Lipinski definition) is 2. The molecule has 0 amide bonds. The fraction of sp³-hybridized carbons (Fsp3) is 0.111. The quantitative estimate of drug-likeness (QED) is 0.250. The molecule has 0 aliphatic carbocycles. The first-order valence-electron chi connectivity index (χ1n) is 3.89. The number of ether oxygens (including phenoxy) is 1. The Morgan fingerprint density at radius 3 is 1.84 bits per heavy atom. The molecule has 0 saturated heterocycles. The SMILES string of the molecule is C=C(CC(=O)OC(=O)/C=C\C(=O)O)C(=O)O.[KH].[KH].[KH]. The van der Waals surface area contributed by atoms with Gasteiger partial charge in [0.25, 0.3) is 0 Å². The predicted octanol–water partition coefficient (Wildman–Crippen LogP) is -2.22. The maximum atomic E-state index is 10.9. The zero-order valence-corrected chi connectivity index (χ0v) is 8.00.